The average Bonchev–Trinajstić information content (AvgIpc) is 2.15. The van der Waals surface area contributed by atoms with E-state index in [1.165, 1.54) is 37.7 Å². The summed E-state index contributed by atoms with van der Waals surface area (Å²) in [5, 5.41) is 0. The van der Waals surface area contributed by atoms with Gasteiger partial charge in [-0.25, -0.2) is 0 Å². The molecule has 0 N–H and O–H groups in total. The molecule has 0 spiro atoms. The number of unbranched alkanes of at least 4 members (excludes halogenated alkanes) is 1. The van der Waals surface area contributed by atoms with Crippen LogP contribution in [0.5, 0.6) is 0 Å². The Morgan fingerprint density at radius 2 is 1.69 bits per heavy atom. The summed E-state index contributed by atoms with van der Waals surface area (Å²) in [5.41, 5.74) is 1.47. The molecule has 0 saturated carbocycles. The van der Waals surface area contributed by atoms with Gasteiger partial charge in [-0.3, -0.25) is 0 Å². The van der Waals surface area contributed by atoms with Crippen molar-refractivity contribution in [2.24, 2.45) is 11.8 Å². The second-order valence-corrected chi connectivity index (χ2v) is 4.13. The van der Waals surface area contributed by atoms with Crippen molar-refractivity contribution in [2.45, 2.75) is 59.8 Å². The van der Waals surface area contributed by atoms with E-state index in [4.69, 9.17) is 0 Å². The first kappa shape index (κ1) is 12.7. The van der Waals surface area contributed by atoms with E-state index in [9.17, 15) is 0 Å². The fraction of sp³-hybridized carbons (Fsp3) is 0.846. The Labute approximate surface area is 84.4 Å². The monoisotopic (exact) mass is 182 g/mol. The van der Waals surface area contributed by atoms with Crippen LogP contribution in [0.2, 0.25) is 0 Å². The summed E-state index contributed by atoms with van der Waals surface area (Å²) >= 11 is 0. The van der Waals surface area contributed by atoms with Gasteiger partial charge in [-0.05, 0) is 24.7 Å². The van der Waals surface area contributed by atoms with Crippen molar-refractivity contribution in [1.29, 1.82) is 0 Å². The summed E-state index contributed by atoms with van der Waals surface area (Å²) in [6.45, 7) is 13.4. The van der Waals surface area contributed by atoms with E-state index in [-0.39, 0.29) is 0 Å². The Morgan fingerprint density at radius 3 is 2.08 bits per heavy atom. The van der Waals surface area contributed by atoms with Gasteiger partial charge in [0.15, 0.2) is 0 Å². The van der Waals surface area contributed by atoms with Gasteiger partial charge in [-0.15, -0.1) is 0 Å². The average molecular weight is 182 g/mol. The third-order valence-corrected chi connectivity index (χ3v) is 3.25. The van der Waals surface area contributed by atoms with Gasteiger partial charge < -0.3 is 0 Å². The first-order valence-corrected chi connectivity index (χ1v) is 5.84. The SMILES string of the molecule is C=C(CCCC)C(C)C(CC)CC. The molecule has 0 bridgehead atoms. The van der Waals surface area contributed by atoms with Crippen molar-refractivity contribution in [3.05, 3.63) is 12.2 Å². The maximum absolute atomic E-state index is 4.21. The fourth-order valence-electron chi connectivity index (χ4n) is 1.96. The van der Waals surface area contributed by atoms with Crippen LogP contribution >= 0.6 is 0 Å². The van der Waals surface area contributed by atoms with Gasteiger partial charge in [0.1, 0.15) is 0 Å². The van der Waals surface area contributed by atoms with E-state index < -0.39 is 0 Å². The van der Waals surface area contributed by atoms with Gasteiger partial charge in [-0.1, -0.05) is 59.1 Å². The second-order valence-electron chi connectivity index (χ2n) is 4.13. The molecule has 13 heavy (non-hydrogen) atoms. The molecule has 0 rings (SSSR count). The Balaban J connectivity index is 3.91. The minimum Gasteiger partial charge on any atom is -0.0996 e. The summed E-state index contributed by atoms with van der Waals surface area (Å²) in [7, 11) is 0. The molecule has 0 amide bonds. The lowest BCUT2D eigenvalue weighted by Crippen LogP contribution is -2.11. The molecule has 78 valence electrons. The highest BCUT2D eigenvalue weighted by atomic mass is 14.2. The first-order valence-electron chi connectivity index (χ1n) is 5.84. The zero-order valence-corrected chi connectivity index (χ0v) is 9.90. The molecule has 0 aromatic carbocycles. The van der Waals surface area contributed by atoms with E-state index in [2.05, 4.69) is 34.3 Å². The van der Waals surface area contributed by atoms with Crippen molar-refractivity contribution in [3.8, 4) is 0 Å². The van der Waals surface area contributed by atoms with Crippen LogP contribution in [0.3, 0.4) is 0 Å². The molecular formula is C13H26. The Hall–Kier alpha value is -0.260. The Kier molecular flexibility index (Phi) is 7.03. The van der Waals surface area contributed by atoms with Gasteiger partial charge in [0, 0.05) is 0 Å². The standard InChI is InChI=1S/C13H26/c1-6-9-10-11(4)12(5)13(7-2)8-3/h12-13H,4,6-10H2,1-3,5H3. The largest absolute Gasteiger partial charge is 0.0996 e. The molecule has 0 heterocycles. The predicted molar refractivity (Wildman–Crippen MR) is 61.9 cm³/mol. The Bertz CT molecular complexity index is 131. The highest BCUT2D eigenvalue weighted by Gasteiger charge is 2.15. The topological polar surface area (TPSA) is 0 Å². The highest BCUT2D eigenvalue weighted by molar-refractivity contribution is 5.00. The lowest BCUT2D eigenvalue weighted by molar-refractivity contribution is 0.371. The molecular weight excluding hydrogens is 156 g/mol. The predicted octanol–water partition coefficient (Wildman–Crippen LogP) is 4.81. The van der Waals surface area contributed by atoms with Crippen LogP contribution in [0.15, 0.2) is 12.2 Å². The van der Waals surface area contributed by atoms with E-state index >= 15 is 0 Å². The molecule has 0 aliphatic carbocycles. The third-order valence-electron chi connectivity index (χ3n) is 3.25. The smallest absolute Gasteiger partial charge is 0.0206 e. The fourth-order valence-corrected chi connectivity index (χ4v) is 1.96. The Morgan fingerprint density at radius 1 is 1.15 bits per heavy atom. The molecule has 0 fully saturated rings. The van der Waals surface area contributed by atoms with Crippen molar-refractivity contribution >= 4 is 0 Å². The van der Waals surface area contributed by atoms with E-state index in [1.807, 2.05) is 0 Å². The quantitative estimate of drug-likeness (QED) is 0.496. The lowest BCUT2D eigenvalue weighted by atomic mass is 9.83. The van der Waals surface area contributed by atoms with Gasteiger partial charge in [0.2, 0.25) is 0 Å². The number of rotatable bonds is 7. The summed E-state index contributed by atoms with van der Waals surface area (Å²) in [6, 6.07) is 0. The third kappa shape index (κ3) is 4.50. The molecule has 0 radical (unpaired) electrons. The van der Waals surface area contributed by atoms with Gasteiger partial charge in [0.05, 0.1) is 0 Å². The number of allylic oxidation sites excluding steroid dienone is 1. The first-order chi connectivity index (χ1) is 6.17. The molecule has 0 aliphatic heterocycles. The zero-order chi connectivity index (χ0) is 10.3. The molecule has 0 aromatic heterocycles. The van der Waals surface area contributed by atoms with E-state index in [0.29, 0.717) is 0 Å². The van der Waals surface area contributed by atoms with E-state index in [1.54, 1.807) is 0 Å². The molecule has 0 heteroatoms. The van der Waals surface area contributed by atoms with Gasteiger partial charge in [0.25, 0.3) is 0 Å². The maximum Gasteiger partial charge on any atom is -0.0206 e. The van der Waals surface area contributed by atoms with Crippen molar-refractivity contribution < 1.29 is 0 Å². The highest BCUT2D eigenvalue weighted by Crippen LogP contribution is 2.27. The van der Waals surface area contributed by atoms with Crippen molar-refractivity contribution in [3.63, 3.8) is 0 Å². The van der Waals surface area contributed by atoms with Crippen LogP contribution < -0.4 is 0 Å². The summed E-state index contributed by atoms with van der Waals surface area (Å²) in [6.07, 6.45) is 6.41. The van der Waals surface area contributed by atoms with Gasteiger partial charge in [-0.2, -0.15) is 0 Å². The molecule has 0 nitrogen and oxygen atoms in total. The van der Waals surface area contributed by atoms with Crippen LogP contribution in [-0.2, 0) is 0 Å². The summed E-state index contributed by atoms with van der Waals surface area (Å²) in [5.74, 6) is 1.57. The minimum absolute atomic E-state index is 0.724. The maximum atomic E-state index is 4.21. The van der Waals surface area contributed by atoms with Crippen LogP contribution in [-0.4, -0.2) is 0 Å². The molecule has 1 unspecified atom stereocenters. The number of hydrogen-bond acceptors (Lipinski definition) is 0. The van der Waals surface area contributed by atoms with Crippen LogP contribution in [0.4, 0.5) is 0 Å². The van der Waals surface area contributed by atoms with Crippen LogP contribution in [0.1, 0.15) is 59.8 Å². The van der Waals surface area contributed by atoms with E-state index in [0.717, 1.165) is 11.8 Å². The molecule has 1 atom stereocenters. The normalized spacial score (nSPS) is 13.3. The summed E-state index contributed by atoms with van der Waals surface area (Å²) < 4.78 is 0. The molecule has 0 aromatic rings. The van der Waals surface area contributed by atoms with Crippen molar-refractivity contribution in [1.82, 2.24) is 0 Å². The van der Waals surface area contributed by atoms with Gasteiger partial charge >= 0.3 is 0 Å². The lowest BCUT2D eigenvalue weighted by Gasteiger charge is -2.23. The minimum atomic E-state index is 0.724. The summed E-state index contributed by atoms with van der Waals surface area (Å²) in [4.78, 5) is 0. The zero-order valence-electron chi connectivity index (χ0n) is 9.90. The van der Waals surface area contributed by atoms with Crippen LogP contribution in [0.25, 0.3) is 0 Å². The van der Waals surface area contributed by atoms with Crippen LogP contribution in [0, 0.1) is 11.8 Å². The van der Waals surface area contributed by atoms with Crippen molar-refractivity contribution in [2.75, 3.05) is 0 Å². The second kappa shape index (κ2) is 7.17. The molecule has 0 aliphatic rings. The molecule has 0 saturated heterocycles. The number of hydrogen-bond donors (Lipinski definition) is 0.